The van der Waals surface area contributed by atoms with Crippen molar-refractivity contribution < 1.29 is 9.47 Å². The highest BCUT2D eigenvalue weighted by Gasteiger charge is 2.43. The normalized spacial score (nSPS) is 19.3. The molecule has 1 aromatic carbocycles. The quantitative estimate of drug-likeness (QED) is 0.626. The molecule has 1 N–H and O–H groups in total. The summed E-state index contributed by atoms with van der Waals surface area (Å²) in [4.78, 5) is 6.87. The first-order valence-electron chi connectivity index (χ1n) is 8.47. The van der Waals surface area contributed by atoms with Gasteiger partial charge in [0, 0.05) is 31.2 Å². The van der Waals surface area contributed by atoms with Gasteiger partial charge in [0.05, 0.1) is 14.2 Å². The average molecular weight is 396 g/mol. The molecule has 1 aliphatic carbocycles. The molecule has 0 unspecified atom stereocenters. The molecule has 1 aliphatic heterocycles. The Labute approximate surface area is 152 Å². The van der Waals surface area contributed by atoms with E-state index in [9.17, 15) is 0 Å². The molecule has 132 valence electrons. The number of aliphatic imine (C=N–C) groups is 1. The van der Waals surface area contributed by atoms with Gasteiger partial charge in [-0.25, -0.2) is 0 Å². The molecule has 6 heteroatoms. The van der Waals surface area contributed by atoms with Crippen LogP contribution in [0.5, 0.6) is 11.5 Å². The average Bonchev–Trinajstić information content (AvgIpc) is 3.02. The maximum atomic E-state index is 5.40. The number of hydrogen-bond acceptors (Lipinski definition) is 3. The number of ether oxygens (including phenoxy) is 2. The third kappa shape index (κ3) is 3.34. The van der Waals surface area contributed by atoms with Crippen LogP contribution in [0, 0.1) is 5.41 Å². The number of nitrogens with zero attached hydrogens (tertiary/aromatic N) is 2. The second-order valence-electron chi connectivity index (χ2n) is 6.72. The van der Waals surface area contributed by atoms with Gasteiger partial charge in [-0.05, 0) is 42.4 Å². The maximum Gasteiger partial charge on any atom is 0.193 e. The van der Waals surface area contributed by atoms with E-state index in [1.807, 2.05) is 19.2 Å². The topological polar surface area (TPSA) is 46.1 Å². The van der Waals surface area contributed by atoms with Gasteiger partial charge in [0.1, 0.15) is 0 Å². The van der Waals surface area contributed by atoms with Crippen LogP contribution in [0.2, 0.25) is 0 Å². The van der Waals surface area contributed by atoms with Crippen LogP contribution in [0.4, 0.5) is 0 Å². The number of likely N-dealkylation sites (tertiary alicyclic amines) is 1. The lowest BCUT2D eigenvalue weighted by atomic mass is 9.68. The smallest absolute Gasteiger partial charge is 0.193 e. The van der Waals surface area contributed by atoms with Crippen molar-refractivity contribution in [3.05, 3.63) is 22.2 Å². The summed E-state index contributed by atoms with van der Waals surface area (Å²) >= 11 is 3.62. The van der Waals surface area contributed by atoms with Crippen LogP contribution in [0.1, 0.15) is 31.2 Å². The van der Waals surface area contributed by atoms with Crippen molar-refractivity contribution in [2.24, 2.45) is 10.4 Å². The molecule has 3 rings (SSSR count). The summed E-state index contributed by atoms with van der Waals surface area (Å²) in [6.45, 7) is 2.93. The van der Waals surface area contributed by atoms with E-state index in [0.717, 1.165) is 40.6 Å². The molecular weight excluding hydrogens is 370 g/mol. The van der Waals surface area contributed by atoms with E-state index in [2.05, 4.69) is 31.1 Å². The molecular formula is C18H26BrN3O2. The number of halogens is 1. The Bertz CT molecular complexity index is 629. The molecule has 0 radical (unpaired) electrons. The molecule has 1 saturated heterocycles. The van der Waals surface area contributed by atoms with E-state index in [4.69, 9.17) is 9.47 Å². The molecule has 1 spiro atoms. The van der Waals surface area contributed by atoms with Gasteiger partial charge in [-0.3, -0.25) is 4.99 Å². The third-order valence-electron chi connectivity index (χ3n) is 5.35. The van der Waals surface area contributed by atoms with Crippen molar-refractivity contribution in [3.63, 3.8) is 0 Å². The van der Waals surface area contributed by atoms with Crippen molar-refractivity contribution in [2.45, 2.75) is 32.2 Å². The molecule has 2 fully saturated rings. The second kappa shape index (κ2) is 7.21. The standard InChI is InChI=1S/C18H26BrN3O2/c1-20-17(22-8-7-18(12-22)5-4-6-18)21-11-13-9-15(23-2)16(24-3)10-14(13)19/h9-10H,4-8,11-12H2,1-3H3,(H,20,21). The molecule has 2 aliphatic rings. The van der Waals surface area contributed by atoms with E-state index >= 15 is 0 Å². The minimum atomic E-state index is 0.571. The minimum Gasteiger partial charge on any atom is -0.493 e. The fourth-order valence-electron chi connectivity index (χ4n) is 3.74. The molecule has 24 heavy (non-hydrogen) atoms. The van der Waals surface area contributed by atoms with Gasteiger partial charge >= 0.3 is 0 Å². The Hall–Kier alpha value is -1.43. The zero-order valence-corrected chi connectivity index (χ0v) is 16.3. The van der Waals surface area contributed by atoms with Gasteiger partial charge in [-0.1, -0.05) is 22.4 Å². The van der Waals surface area contributed by atoms with E-state index in [0.29, 0.717) is 12.0 Å². The zero-order chi connectivity index (χ0) is 17.2. The Morgan fingerprint density at radius 2 is 1.96 bits per heavy atom. The van der Waals surface area contributed by atoms with Crippen LogP contribution in [0.25, 0.3) is 0 Å². The van der Waals surface area contributed by atoms with Crippen molar-refractivity contribution in [1.29, 1.82) is 0 Å². The first-order chi connectivity index (χ1) is 11.6. The van der Waals surface area contributed by atoms with Gasteiger partial charge in [0.2, 0.25) is 0 Å². The highest BCUT2D eigenvalue weighted by atomic mass is 79.9. The van der Waals surface area contributed by atoms with Crippen LogP contribution in [0.3, 0.4) is 0 Å². The molecule has 0 aromatic heterocycles. The van der Waals surface area contributed by atoms with E-state index in [-0.39, 0.29) is 0 Å². The lowest BCUT2D eigenvalue weighted by Gasteiger charge is -2.38. The molecule has 1 aromatic rings. The monoisotopic (exact) mass is 395 g/mol. The Morgan fingerprint density at radius 3 is 2.50 bits per heavy atom. The van der Waals surface area contributed by atoms with Crippen molar-refractivity contribution in [3.8, 4) is 11.5 Å². The van der Waals surface area contributed by atoms with Crippen LogP contribution < -0.4 is 14.8 Å². The van der Waals surface area contributed by atoms with Crippen molar-refractivity contribution in [2.75, 3.05) is 34.4 Å². The second-order valence-corrected chi connectivity index (χ2v) is 7.58. The fraction of sp³-hybridized carbons (Fsp3) is 0.611. The van der Waals surface area contributed by atoms with E-state index < -0.39 is 0 Å². The molecule has 0 atom stereocenters. The number of benzene rings is 1. The van der Waals surface area contributed by atoms with Gasteiger partial charge in [-0.2, -0.15) is 0 Å². The number of hydrogen-bond donors (Lipinski definition) is 1. The predicted octanol–water partition coefficient (Wildman–Crippen LogP) is 3.42. The summed E-state index contributed by atoms with van der Waals surface area (Å²) in [5.74, 6) is 2.45. The highest BCUT2D eigenvalue weighted by molar-refractivity contribution is 9.10. The van der Waals surface area contributed by atoms with E-state index in [1.54, 1.807) is 14.2 Å². The summed E-state index contributed by atoms with van der Waals surface area (Å²) in [7, 11) is 5.16. The number of methoxy groups -OCH3 is 2. The van der Waals surface area contributed by atoms with Gasteiger partial charge in [0.25, 0.3) is 0 Å². The van der Waals surface area contributed by atoms with Crippen LogP contribution in [-0.2, 0) is 6.54 Å². The molecule has 5 nitrogen and oxygen atoms in total. The largest absolute Gasteiger partial charge is 0.493 e. The SMILES string of the molecule is CN=C(NCc1cc(OC)c(OC)cc1Br)N1CCC2(CCC2)C1. The first-order valence-corrected chi connectivity index (χ1v) is 9.26. The maximum absolute atomic E-state index is 5.40. The Balaban J connectivity index is 1.66. The zero-order valence-electron chi connectivity index (χ0n) is 14.7. The van der Waals surface area contributed by atoms with E-state index in [1.165, 1.54) is 25.7 Å². The van der Waals surface area contributed by atoms with Gasteiger partial charge in [-0.15, -0.1) is 0 Å². The van der Waals surface area contributed by atoms with Crippen molar-refractivity contribution in [1.82, 2.24) is 10.2 Å². The van der Waals surface area contributed by atoms with Crippen LogP contribution >= 0.6 is 15.9 Å². The lowest BCUT2D eigenvalue weighted by Crippen LogP contribution is -2.42. The van der Waals surface area contributed by atoms with Gasteiger partial charge in [0.15, 0.2) is 17.5 Å². The Kier molecular flexibility index (Phi) is 5.23. The van der Waals surface area contributed by atoms with Crippen LogP contribution in [-0.4, -0.2) is 45.2 Å². The summed E-state index contributed by atoms with van der Waals surface area (Å²) in [5.41, 5.74) is 1.69. The fourth-order valence-corrected chi connectivity index (χ4v) is 4.20. The van der Waals surface area contributed by atoms with Gasteiger partial charge < -0.3 is 19.7 Å². The highest BCUT2D eigenvalue weighted by Crippen LogP contribution is 2.47. The summed E-state index contributed by atoms with van der Waals surface area (Å²) in [5, 5.41) is 3.49. The Morgan fingerprint density at radius 1 is 1.25 bits per heavy atom. The number of nitrogens with one attached hydrogen (secondary N) is 1. The minimum absolute atomic E-state index is 0.571. The predicted molar refractivity (Wildman–Crippen MR) is 99.9 cm³/mol. The third-order valence-corrected chi connectivity index (χ3v) is 6.09. The summed E-state index contributed by atoms with van der Waals surface area (Å²) in [6.07, 6.45) is 5.44. The summed E-state index contributed by atoms with van der Waals surface area (Å²) < 4.78 is 11.7. The first kappa shape index (κ1) is 17.4. The summed E-state index contributed by atoms with van der Waals surface area (Å²) in [6, 6.07) is 3.94. The molecule has 0 amide bonds. The van der Waals surface area contributed by atoms with Crippen LogP contribution in [0.15, 0.2) is 21.6 Å². The van der Waals surface area contributed by atoms with Crippen molar-refractivity contribution >= 4 is 21.9 Å². The molecule has 0 bridgehead atoms. The molecule has 1 heterocycles. The molecule has 1 saturated carbocycles. The number of rotatable bonds is 4. The number of guanidine groups is 1. The lowest BCUT2D eigenvalue weighted by molar-refractivity contribution is 0.151.